The number of thioether (sulfide) groups is 1. The largest absolute Gasteiger partial charge is 0.0904 e. The van der Waals surface area contributed by atoms with E-state index in [9.17, 15) is 0 Å². The molecule has 0 fully saturated rings. The Morgan fingerprint density at radius 1 is 0.750 bits per heavy atom. The first-order valence-corrected chi connectivity index (χ1v) is 13.4. The van der Waals surface area contributed by atoms with E-state index in [1.54, 1.807) is 11.8 Å². The molecule has 4 aromatic rings. The number of benzene rings is 4. The smallest absolute Gasteiger partial charge is 0.0158 e. The minimum absolute atomic E-state index is 0.0404. The lowest BCUT2D eigenvalue weighted by atomic mass is 9.82. The Bertz CT molecular complexity index is 1560. The van der Waals surface area contributed by atoms with Crippen molar-refractivity contribution in [3.05, 3.63) is 142 Å². The standard InChI is InChI=1S/C35H30S/c1-23-12-14-25(15-13-23)26-8-7-9-29-21-27(17-19-34(29)36-24(2)20-26)28-16-18-33-31(22-28)30-10-5-6-11-32(30)35(33,3)4/h5-8,10-22H,2,9H2,1,3-4H3/b8-7-,26-20+. The van der Waals surface area contributed by atoms with Crippen LogP contribution < -0.4 is 0 Å². The van der Waals surface area contributed by atoms with E-state index in [2.05, 4.69) is 131 Å². The van der Waals surface area contributed by atoms with Crippen LogP contribution in [0.2, 0.25) is 0 Å². The lowest BCUT2D eigenvalue weighted by Gasteiger charge is -2.21. The van der Waals surface area contributed by atoms with Crippen LogP contribution in [-0.4, -0.2) is 0 Å². The summed E-state index contributed by atoms with van der Waals surface area (Å²) in [6.45, 7) is 11.2. The van der Waals surface area contributed by atoms with Crippen LogP contribution in [0.5, 0.6) is 0 Å². The van der Waals surface area contributed by atoms with E-state index in [0.29, 0.717) is 0 Å². The summed E-state index contributed by atoms with van der Waals surface area (Å²) >= 11 is 1.76. The summed E-state index contributed by atoms with van der Waals surface area (Å²) in [7, 11) is 0. The van der Waals surface area contributed by atoms with Gasteiger partial charge >= 0.3 is 0 Å². The molecule has 1 heteroatoms. The molecule has 0 saturated carbocycles. The first-order valence-electron chi connectivity index (χ1n) is 12.6. The molecular weight excluding hydrogens is 452 g/mol. The molecule has 36 heavy (non-hydrogen) atoms. The van der Waals surface area contributed by atoms with Gasteiger partial charge in [0, 0.05) is 15.2 Å². The monoisotopic (exact) mass is 482 g/mol. The lowest BCUT2D eigenvalue weighted by molar-refractivity contribution is 0.660. The SMILES string of the molecule is C=C1/C=C(c2ccc(C)cc2)\C=C/Cc2cc(-c3ccc4c(c3)-c3ccccc3C4(C)C)ccc2S1. The third-order valence-corrected chi connectivity index (χ3v) is 8.55. The summed E-state index contributed by atoms with van der Waals surface area (Å²) in [5, 5.41) is 0. The van der Waals surface area contributed by atoms with Crippen molar-refractivity contribution in [2.75, 3.05) is 0 Å². The highest BCUT2D eigenvalue weighted by molar-refractivity contribution is 8.03. The zero-order chi connectivity index (χ0) is 24.9. The predicted molar refractivity (Wildman–Crippen MR) is 156 cm³/mol. The van der Waals surface area contributed by atoms with Gasteiger partial charge in [0.05, 0.1) is 0 Å². The molecule has 0 atom stereocenters. The van der Waals surface area contributed by atoms with Gasteiger partial charge in [-0.25, -0.2) is 0 Å². The summed E-state index contributed by atoms with van der Waals surface area (Å²) in [6, 6.07) is 31.5. The number of hydrogen-bond acceptors (Lipinski definition) is 1. The minimum atomic E-state index is 0.0404. The van der Waals surface area contributed by atoms with Crippen LogP contribution in [0.25, 0.3) is 27.8 Å². The maximum Gasteiger partial charge on any atom is 0.0158 e. The van der Waals surface area contributed by atoms with Crippen LogP contribution in [0, 0.1) is 6.92 Å². The molecule has 6 rings (SSSR count). The van der Waals surface area contributed by atoms with Gasteiger partial charge in [0.25, 0.3) is 0 Å². The fourth-order valence-corrected chi connectivity index (χ4v) is 6.43. The zero-order valence-corrected chi connectivity index (χ0v) is 22.0. The Kier molecular flexibility index (Phi) is 5.62. The summed E-state index contributed by atoms with van der Waals surface area (Å²) in [6.07, 6.45) is 7.63. The number of hydrogen-bond donors (Lipinski definition) is 0. The number of fused-ring (bicyclic) bond motifs is 4. The molecular formula is C35H30S. The van der Waals surface area contributed by atoms with Crippen LogP contribution in [0.4, 0.5) is 0 Å². The molecule has 0 unspecified atom stereocenters. The van der Waals surface area contributed by atoms with E-state index < -0.39 is 0 Å². The molecule has 176 valence electrons. The average Bonchev–Trinajstić information content (AvgIpc) is 3.15. The van der Waals surface area contributed by atoms with Crippen molar-refractivity contribution in [3.63, 3.8) is 0 Å². The van der Waals surface area contributed by atoms with Crippen molar-refractivity contribution in [1.29, 1.82) is 0 Å². The van der Waals surface area contributed by atoms with Gasteiger partial charge in [0.2, 0.25) is 0 Å². The molecule has 0 aromatic heterocycles. The second kappa shape index (κ2) is 8.84. The first kappa shape index (κ1) is 22.9. The van der Waals surface area contributed by atoms with Gasteiger partial charge in [-0.15, -0.1) is 0 Å². The van der Waals surface area contributed by atoms with Gasteiger partial charge in [0.1, 0.15) is 0 Å². The van der Waals surface area contributed by atoms with Crippen molar-refractivity contribution in [3.8, 4) is 22.3 Å². The van der Waals surface area contributed by atoms with E-state index in [-0.39, 0.29) is 5.41 Å². The van der Waals surface area contributed by atoms with Crippen LogP contribution in [-0.2, 0) is 11.8 Å². The van der Waals surface area contributed by atoms with Crippen LogP contribution >= 0.6 is 11.8 Å². The average molecular weight is 483 g/mol. The lowest BCUT2D eigenvalue weighted by Crippen LogP contribution is -2.14. The molecule has 0 N–H and O–H groups in total. The number of aryl methyl sites for hydroxylation is 1. The molecule has 4 aromatic carbocycles. The molecule has 0 spiro atoms. The molecule has 2 aliphatic rings. The van der Waals surface area contributed by atoms with Crippen LogP contribution in [0.1, 0.15) is 41.7 Å². The quantitative estimate of drug-likeness (QED) is 0.274. The summed E-state index contributed by atoms with van der Waals surface area (Å²) in [5.74, 6) is 0. The molecule has 0 radical (unpaired) electrons. The summed E-state index contributed by atoms with van der Waals surface area (Å²) < 4.78 is 0. The Hall–Kier alpha value is -3.55. The molecule has 1 aliphatic heterocycles. The Morgan fingerprint density at radius 2 is 1.44 bits per heavy atom. The Morgan fingerprint density at radius 3 is 2.28 bits per heavy atom. The molecule has 1 aliphatic carbocycles. The number of allylic oxidation sites excluding steroid dienone is 4. The third-order valence-electron chi connectivity index (χ3n) is 7.55. The number of rotatable bonds is 2. The van der Waals surface area contributed by atoms with Crippen molar-refractivity contribution >= 4 is 17.3 Å². The Balaban J connectivity index is 1.36. The molecule has 0 nitrogen and oxygen atoms in total. The van der Waals surface area contributed by atoms with E-state index >= 15 is 0 Å². The molecule has 0 amide bonds. The minimum Gasteiger partial charge on any atom is -0.0904 e. The predicted octanol–water partition coefficient (Wildman–Crippen LogP) is 9.77. The first-order chi connectivity index (χ1) is 17.4. The normalized spacial score (nSPS) is 18.1. The van der Waals surface area contributed by atoms with E-state index in [0.717, 1.165) is 11.3 Å². The van der Waals surface area contributed by atoms with E-state index in [1.165, 1.54) is 60.5 Å². The third kappa shape index (κ3) is 3.98. The van der Waals surface area contributed by atoms with Gasteiger partial charge in [-0.1, -0.05) is 117 Å². The van der Waals surface area contributed by atoms with Crippen molar-refractivity contribution in [1.82, 2.24) is 0 Å². The highest BCUT2D eigenvalue weighted by Gasteiger charge is 2.35. The van der Waals surface area contributed by atoms with Crippen LogP contribution in [0.15, 0.2) is 120 Å². The Labute approximate surface area is 219 Å². The van der Waals surface area contributed by atoms with E-state index in [1.807, 2.05) is 0 Å². The summed E-state index contributed by atoms with van der Waals surface area (Å²) in [4.78, 5) is 2.34. The van der Waals surface area contributed by atoms with Gasteiger partial charge in [-0.05, 0) is 87.7 Å². The van der Waals surface area contributed by atoms with Gasteiger partial charge < -0.3 is 0 Å². The molecule has 1 heterocycles. The fraction of sp³-hybridized carbons (Fsp3) is 0.143. The maximum absolute atomic E-state index is 4.36. The second-order valence-electron chi connectivity index (χ2n) is 10.4. The van der Waals surface area contributed by atoms with Gasteiger partial charge in [0.15, 0.2) is 0 Å². The van der Waals surface area contributed by atoms with Crippen LogP contribution in [0.3, 0.4) is 0 Å². The highest BCUT2D eigenvalue weighted by Crippen LogP contribution is 2.49. The van der Waals surface area contributed by atoms with Gasteiger partial charge in [-0.2, -0.15) is 0 Å². The van der Waals surface area contributed by atoms with E-state index in [4.69, 9.17) is 0 Å². The second-order valence-corrected chi connectivity index (χ2v) is 11.6. The molecule has 0 saturated heterocycles. The van der Waals surface area contributed by atoms with Crippen molar-refractivity contribution < 1.29 is 0 Å². The zero-order valence-electron chi connectivity index (χ0n) is 21.1. The molecule has 0 bridgehead atoms. The van der Waals surface area contributed by atoms with Crippen molar-refractivity contribution in [2.24, 2.45) is 0 Å². The topological polar surface area (TPSA) is 0 Å². The fourth-order valence-electron chi connectivity index (χ4n) is 5.55. The highest BCUT2D eigenvalue weighted by atomic mass is 32.2. The van der Waals surface area contributed by atoms with Crippen molar-refractivity contribution in [2.45, 2.75) is 37.5 Å². The summed E-state index contributed by atoms with van der Waals surface area (Å²) in [5.41, 5.74) is 13.2. The maximum atomic E-state index is 4.36. The van der Waals surface area contributed by atoms with Gasteiger partial charge in [-0.3, -0.25) is 0 Å².